The Morgan fingerprint density at radius 1 is 1.32 bits per heavy atom. The van der Waals surface area contributed by atoms with Gasteiger partial charge in [-0.2, -0.15) is 0 Å². The zero-order chi connectivity index (χ0) is 17.6. The SMILES string of the molecule is O=C(CSc1nccn(-c2cccc(Cl)c2)c1=O)NCc1ccco1. The van der Waals surface area contributed by atoms with Gasteiger partial charge in [-0.1, -0.05) is 29.4 Å². The summed E-state index contributed by atoms with van der Waals surface area (Å²) in [7, 11) is 0. The molecule has 0 aliphatic carbocycles. The second kappa shape index (κ2) is 8.04. The predicted octanol–water partition coefficient (Wildman–Crippen LogP) is 2.89. The monoisotopic (exact) mass is 375 g/mol. The van der Waals surface area contributed by atoms with Crippen molar-refractivity contribution in [1.82, 2.24) is 14.9 Å². The summed E-state index contributed by atoms with van der Waals surface area (Å²) in [4.78, 5) is 28.5. The minimum absolute atomic E-state index is 0.0858. The van der Waals surface area contributed by atoms with Crippen molar-refractivity contribution in [3.05, 3.63) is 76.2 Å². The summed E-state index contributed by atoms with van der Waals surface area (Å²) in [5.74, 6) is 0.544. The number of aromatic nitrogens is 2. The van der Waals surface area contributed by atoms with Crippen LogP contribution in [0.2, 0.25) is 5.02 Å². The fourth-order valence-corrected chi connectivity index (χ4v) is 3.02. The molecule has 1 amide bonds. The highest BCUT2D eigenvalue weighted by molar-refractivity contribution is 7.99. The van der Waals surface area contributed by atoms with E-state index in [4.69, 9.17) is 16.0 Å². The first-order chi connectivity index (χ1) is 12.1. The van der Waals surface area contributed by atoms with Gasteiger partial charge in [0.2, 0.25) is 5.91 Å². The molecule has 8 heteroatoms. The molecule has 0 fully saturated rings. The Morgan fingerprint density at radius 2 is 2.20 bits per heavy atom. The summed E-state index contributed by atoms with van der Waals surface area (Å²) >= 11 is 7.06. The molecule has 128 valence electrons. The average Bonchev–Trinajstić information content (AvgIpc) is 3.12. The lowest BCUT2D eigenvalue weighted by atomic mass is 10.3. The Hall–Kier alpha value is -2.51. The van der Waals surface area contributed by atoms with Gasteiger partial charge >= 0.3 is 0 Å². The molecular weight excluding hydrogens is 362 g/mol. The quantitative estimate of drug-likeness (QED) is 0.670. The van der Waals surface area contributed by atoms with Crippen LogP contribution in [0, 0.1) is 0 Å². The first kappa shape index (κ1) is 17.3. The van der Waals surface area contributed by atoms with Crippen LogP contribution in [-0.4, -0.2) is 21.2 Å². The highest BCUT2D eigenvalue weighted by Crippen LogP contribution is 2.15. The van der Waals surface area contributed by atoms with Crippen molar-refractivity contribution in [2.24, 2.45) is 0 Å². The maximum atomic E-state index is 12.5. The van der Waals surface area contributed by atoms with Crippen LogP contribution in [0.25, 0.3) is 5.69 Å². The molecule has 0 aliphatic rings. The number of halogens is 1. The lowest BCUT2D eigenvalue weighted by Gasteiger charge is -2.07. The van der Waals surface area contributed by atoms with Crippen LogP contribution in [0.5, 0.6) is 0 Å². The van der Waals surface area contributed by atoms with E-state index >= 15 is 0 Å². The number of thioether (sulfide) groups is 1. The lowest BCUT2D eigenvalue weighted by molar-refractivity contribution is -0.118. The van der Waals surface area contributed by atoms with Crippen LogP contribution in [0.3, 0.4) is 0 Å². The van der Waals surface area contributed by atoms with E-state index in [0.29, 0.717) is 23.0 Å². The van der Waals surface area contributed by atoms with Crippen molar-refractivity contribution in [1.29, 1.82) is 0 Å². The number of benzene rings is 1. The molecule has 3 aromatic rings. The third kappa shape index (κ3) is 4.52. The molecule has 0 saturated heterocycles. The van der Waals surface area contributed by atoms with Crippen molar-refractivity contribution in [3.63, 3.8) is 0 Å². The molecule has 0 radical (unpaired) electrons. The number of furan rings is 1. The average molecular weight is 376 g/mol. The van der Waals surface area contributed by atoms with Gasteiger partial charge in [-0.3, -0.25) is 14.2 Å². The van der Waals surface area contributed by atoms with E-state index in [-0.39, 0.29) is 22.2 Å². The molecule has 0 spiro atoms. The molecule has 25 heavy (non-hydrogen) atoms. The van der Waals surface area contributed by atoms with Gasteiger partial charge < -0.3 is 9.73 Å². The molecule has 1 N–H and O–H groups in total. The Balaban J connectivity index is 1.66. The standard InChI is InChI=1S/C17H14ClN3O3S/c18-12-3-1-4-13(9-12)21-7-6-19-16(17(21)23)25-11-15(22)20-10-14-5-2-8-24-14/h1-9H,10-11H2,(H,20,22). The lowest BCUT2D eigenvalue weighted by Crippen LogP contribution is -2.26. The first-order valence-corrected chi connectivity index (χ1v) is 8.75. The summed E-state index contributed by atoms with van der Waals surface area (Å²) < 4.78 is 6.59. The van der Waals surface area contributed by atoms with E-state index in [1.807, 2.05) is 0 Å². The fraction of sp³-hybridized carbons (Fsp3) is 0.118. The van der Waals surface area contributed by atoms with Crippen LogP contribution < -0.4 is 10.9 Å². The fourth-order valence-electron chi connectivity index (χ4n) is 2.11. The maximum absolute atomic E-state index is 12.5. The highest BCUT2D eigenvalue weighted by Gasteiger charge is 2.10. The van der Waals surface area contributed by atoms with E-state index in [0.717, 1.165) is 11.8 Å². The van der Waals surface area contributed by atoms with Crippen molar-refractivity contribution >= 4 is 29.3 Å². The number of carbonyl (C=O) groups is 1. The predicted molar refractivity (Wildman–Crippen MR) is 96.1 cm³/mol. The molecular formula is C17H14ClN3O3S. The van der Waals surface area contributed by atoms with Crippen molar-refractivity contribution in [3.8, 4) is 5.69 Å². The van der Waals surface area contributed by atoms with Gasteiger partial charge in [-0.25, -0.2) is 4.98 Å². The van der Waals surface area contributed by atoms with E-state index in [1.165, 1.54) is 10.8 Å². The van der Waals surface area contributed by atoms with Crippen LogP contribution in [-0.2, 0) is 11.3 Å². The van der Waals surface area contributed by atoms with E-state index < -0.39 is 0 Å². The van der Waals surface area contributed by atoms with Crippen LogP contribution >= 0.6 is 23.4 Å². The van der Waals surface area contributed by atoms with Gasteiger partial charge in [0.05, 0.1) is 24.2 Å². The molecule has 0 unspecified atom stereocenters. The number of hydrogen-bond donors (Lipinski definition) is 1. The minimum Gasteiger partial charge on any atom is -0.467 e. The van der Waals surface area contributed by atoms with Crippen LogP contribution in [0.15, 0.2) is 69.3 Å². The van der Waals surface area contributed by atoms with Crippen molar-refractivity contribution < 1.29 is 9.21 Å². The van der Waals surface area contributed by atoms with Gasteiger partial charge in [0.15, 0.2) is 5.03 Å². The maximum Gasteiger partial charge on any atom is 0.287 e. The smallest absolute Gasteiger partial charge is 0.287 e. The van der Waals surface area contributed by atoms with Crippen LogP contribution in [0.4, 0.5) is 0 Å². The summed E-state index contributed by atoms with van der Waals surface area (Å²) in [5.41, 5.74) is 0.345. The first-order valence-electron chi connectivity index (χ1n) is 7.39. The molecule has 0 atom stereocenters. The van der Waals surface area contributed by atoms with Gasteiger partial charge in [-0.15, -0.1) is 0 Å². The van der Waals surface area contributed by atoms with Gasteiger partial charge in [0.25, 0.3) is 5.56 Å². The summed E-state index contributed by atoms with van der Waals surface area (Å²) in [6.07, 6.45) is 4.63. The molecule has 3 rings (SSSR count). The molecule has 0 saturated carbocycles. The molecule has 0 bridgehead atoms. The molecule has 1 aromatic carbocycles. The third-order valence-corrected chi connectivity index (χ3v) is 4.47. The zero-order valence-corrected chi connectivity index (χ0v) is 14.6. The number of rotatable bonds is 6. The molecule has 2 aromatic heterocycles. The Kier molecular flexibility index (Phi) is 5.57. The normalized spacial score (nSPS) is 10.6. The minimum atomic E-state index is -0.298. The largest absolute Gasteiger partial charge is 0.467 e. The second-order valence-electron chi connectivity index (χ2n) is 5.03. The molecule has 2 heterocycles. The van der Waals surface area contributed by atoms with E-state index in [1.54, 1.807) is 48.9 Å². The molecule has 0 aliphatic heterocycles. The Labute approximate surface area is 152 Å². The highest BCUT2D eigenvalue weighted by atomic mass is 35.5. The number of nitrogens with zero attached hydrogens (tertiary/aromatic N) is 2. The Morgan fingerprint density at radius 3 is 2.96 bits per heavy atom. The second-order valence-corrected chi connectivity index (χ2v) is 6.43. The Bertz CT molecular complexity index is 925. The third-order valence-electron chi connectivity index (χ3n) is 3.28. The summed E-state index contributed by atoms with van der Waals surface area (Å²) in [6, 6.07) is 10.5. The van der Waals surface area contributed by atoms with Gasteiger partial charge in [0, 0.05) is 17.4 Å². The summed E-state index contributed by atoms with van der Waals surface area (Å²) in [6.45, 7) is 0.307. The zero-order valence-electron chi connectivity index (χ0n) is 13.0. The number of nitrogens with one attached hydrogen (secondary N) is 1. The van der Waals surface area contributed by atoms with Crippen molar-refractivity contribution in [2.75, 3.05) is 5.75 Å². The van der Waals surface area contributed by atoms with Crippen LogP contribution in [0.1, 0.15) is 5.76 Å². The van der Waals surface area contributed by atoms with E-state index in [2.05, 4.69) is 10.3 Å². The number of hydrogen-bond acceptors (Lipinski definition) is 5. The van der Waals surface area contributed by atoms with Gasteiger partial charge in [0.1, 0.15) is 5.76 Å². The topological polar surface area (TPSA) is 77.1 Å². The van der Waals surface area contributed by atoms with Gasteiger partial charge in [-0.05, 0) is 30.3 Å². The number of amides is 1. The van der Waals surface area contributed by atoms with Crippen molar-refractivity contribution in [2.45, 2.75) is 11.6 Å². The number of carbonyl (C=O) groups excluding carboxylic acids is 1. The summed E-state index contributed by atoms with van der Waals surface area (Å²) in [5, 5.41) is 3.50. The molecule has 6 nitrogen and oxygen atoms in total. The van der Waals surface area contributed by atoms with E-state index in [9.17, 15) is 9.59 Å².